The van der Waals surface area contributed by atoms with Crippen LogP contribution in [-0.4, -0.2) is 11.6 Å². The Morgan fingerprint density at radius 2 is 1.39 bits per heavy atom. The van der Waals surface area contributed by atoms with Gasteiger partial charge in [0.1, 0.15) is 0 Å². The second-order valence-electron chi connectivity index (χ2n) is 4.09. The molecule has 3 rings (SSSR count). The standard InChI is InChI=1S/C14H8INO2/c15-9-5-6-10(16)12-11(9)13(17)7-3-1-2-4-8(7)14(12)18/h1-6H,16H2. The number of hydrogen-bond donors (Lipinski definition) is 1. The molecule has 0 aliphatic heterocycles. The lowest BCUT2D eigenvalue weighted by molar-refractivity contribution is 0.0979. The molecule has 2 aromatic carbocycles. The molecule has 0 saturated heterocycles. The number of nitrogens with two attached hydrogens (primary N) is 1. The van der Waals surface area contributed by atoms with Crippen molar-refractivity contribution in [1.29, 1.82) is 0 Å². The van der Waals surface area contributed by atoms with Gasteiger partial charge in [-0.2, -0.15) is 0 Å². The number of benzene rings is 2. The molecule has 0 aromatic heterocycles. The maximum atomic E-state index is 12.4. The van der Waals surface area contributed by atoms with E-state index in [4.69, 9.17) is 5.73 Å². The molecule has 1 aliphatic carbocycles. The average molecular weight is 349 g/mol. The molecule has 0 amide bonds. The van der Waals surface area contributed by atoms with Crippen LogP contribution in [0.3, 0.4) is 0 Å². The summed E-state index contributed by atoms with van der Waals surface area (Å²) < 4.78 is 0.754. The SMILES string of the molecule is Nc1ccc(I)c2c1C(=O)c1ccccc1C2=O. The Kier molecular flexibility index (Phi) is 2.48. The number of halogens is 1. The van der Waals surface area contributed by atoms with Crippen molar-refractivity contribution in [1.82, 2.24) is 0 Å². The van der Waals surface area contributed by atoms with Crippen LogP contribution in [0.2, 0.25) is 0 Å². The van der Waals surface area contributed by atoms with E-state index in [0.717, 1.165) is 3.57 Å². The number of carbonyl (C=O) groups is 2. The molecule has 4 heteroatoms. The second-order valence-corrected chi connectivity index (χ2v) is 5.25. The molecule has 0 fully saturated rings. The molecule has 1 aliphatic rings. The predicted molar refractivity (Wildman–Crippen MR) is 76.9 cm³/mol. The largest absolute Gasteiger partial charge is 0.398 e. The first kappa shape index (κ1) is 11.4. The third kappa shape index (κ3) is 1.42. The van der Waals surface area contributed by atoms with Crippen LogP contribution in [0.4, 0.5) is 5.69 Å². The van der Waals surface area contributed by atoms with E-state index in [9.17, 15) is 9.59 Å². The van der Waals surface area contributed by atoms with E-state index in [1.54, 1.807) is 36.4 Å². The van der Waals surface area contributed by atoms with Crippen LogP contribution in [-0.2, 0) is 0 Å². The summed E-state index contributed by atoms with van der Waals surface area (Å²) in [6.07, 6.45) is 0. The molecular formula is C14H8INO2. The Bertz CT molecular complexity index is 647. The molecule has 0 bridgehead atoms. The molecule has 2 N–H and O–H groups in total. The first-order chi connectivity index (χ1) is 8.61. The molecule has 0 spiro atoms. The van der Waals surface area contributed by atoms with Gasteiger partial charge in [0.15, 0.2) is 11.6 Å². The van der Waals surface area contributed by atoms with Gasteiger partial charge in [-0.15, -0.1) is 0 Å². The number of ketones is 2. The van der Waals surface area contributed by atoms with Gasteiger partial charge in [-0.05, 0) is 34.7 Å². The number of nitrogen functional groups attached to an aromatic ring is 1. The highest BCUT2D eigenvalue weighted by atomic mass is 127. The molecule has 0 saturated carbocycles. The fraction of sp³-hybridized carbons (Fsp3) is 0. The van der Waals surface area contributed by atoms with Gasteiger partial charge in [0.05, 0.1) is 5.56 Å². The quantitative estimate of drug-likeness (QED) is 0.501. The van der Waals surface area contributed by atoms with Gasteiger partial charge in [-0.3, -0.25) is 9.59 Å². The van der Waals surface area contributed by atoms with E-state index < -0.39 is 0 Å². The second kappa shape index (κ2) is 3.91. The summed E-state index contributed by atoms with van der Waals surface area (Å²) in [5.74, 6) is -0.298. The van der Waals surface area contributed by atoms with Crippen molar-refractivity contribution in [3.05, 3.63) is 62.2 Å². The van der Waals surface area contributed by atoms with Gasteiger partial charge >= 0.3 is 0 Å². The van der Waals surface area contributed by atoms with E-state index >= 15 is 0 Å². The smallest absolute Gasteiger partial charge is 0.196 e. The average Bonchev–Trinajstić information content (AvgIpc) is 2.38. The first-order valence-corrected chi connectivity index (χ1v) is 6.45. The fourth-order valence-electron chi connectivity index (χ4n) is 2.21. The van der Waals surface area contributed by atoms with Gasteiger partial charge in [0, 0.05) is 25.9 Å². The number of anilines is 1. The summed E-state index contributed by atoms with van der Waals surface area (Å²) in [6, 6.07) is 10.3. The van der Waals surface area contributed by atoms with Gasteiger partial charge in [0.2, 0.25) is 0 Å². The maximum Gasteiger partial charge on any atom is 0.196 e. The summed E-state index contributed by atoms with van der Waals surface area (Å²) >= 11 is 2.06. The summed E-state index contributed by atoms with van der Waals surface area (Å²) in [6.45, 7) is 0. The monoisotopic (exact) mass is 349 g/mol. The number of rotatable bonds is 0. The van der Waals surface area contributed by atoms with Crippen LogP contribution >= 0.6 is 22.6 Å². The topological polar surface area (TPSA) is 60.2 Å². The zero-order chi connectivity index (χ0) is 12.9. The van der Waals surface area contributed by atoms with Crippen molar-refractivity contribution in [3.8, 4) is 0 Å². The highest BCUT2D eigenvalue weighted by Crippen LogP contribution is 2.33. The lowest BCUT2D eigenvalue weighted by atomic mass is 9.83. The molecule has 0 atom stereocenters. The normalized spacial score (nSPS) is 13.2. The van der Waals surface area contributed by atoms with Crippen LogP contribution in [0.1, 0.15) is 31.8 Å². The Balaban J connectivity index is 2.41. The minimum atomic E-state index is -0.170. The summed E-state index contributed by atoms with van der Waals surface area (Å²) in [5.41, 5.74) is 7.86. The molecule has 0 radical (unpaired) electrons. The Morgan fingerprint density at radius 1 is 0.833 bits per heavy atom. The van der Waals surface area contributed by atoms with Crippen LogP contribution in [0.25, 0.3) is 0 Å². The third-order valence-corrected chi connectivity index (χ3v) is 3.96. The highest BCUT2D eigenvalue weighted by Gasteiger charge is 2.32. The fourth-order valence-corrected chi connectivity index (χ4v) is 2.90. The van der Waals surface area contributed by atoms with Crippen molar-refractivity contribution in [2.45, 2.75) is 0 Å². The zero-order valence-corrected chi connectivity index (χ0v) is 11.4. The van der Waals surface area contributed by atoms with Gasteiger partial charge in [-0.25, -0.2) is 0 Å². The molecule has 88 valence electrons. The van der Waals surface area contributed by atoms with Crippen LogP contribution in [0.15, 0.2) is 36.4 Å². The lowest BCUT2D eigenvalue weighted by Gasteiger charge is -2.19. The van der Waals surface area contributed by atoms with Crippen molar-refractivity contribution in [2.24, 2.45) is 0 Å². The molecule has 0 unspecified atom stereocenters. The Hall–Kier alpha value is -1.69. The van der Waals surface area contributed by atoms with Crippen molar-refractivity contribution >= 4 is 39.8 Å². The lowest BCUT2D eigenvalue weighted by Crippen LogP contribution is -2.23. The van der Waals surface area contributed by atoms with Crippen molar-refractivity contribution < 1.29 is 9.59 Å². The van der Waals surface area contributed by atoms with Crippen LogP contribution in [0, 0.1) is 3.57 Å². The van der Waals surface area contributed by atoms with Gasteiger partial charge < -0.3 is 5.73 Å². The number of carbonyl (C=O) groups excluding carboxylic acids is 2. The van der Waals surface area contributed by atoms with Crippen molar-refractivity contribution in [2.75, 3.05) is 5.73 Å². The molecule has 2 aromatic rings. The Morgan fingerprint density at radius 3 is 2.00 bits per heavy atom. The highest BCUT2D eigenvalue weighted by molar-refractivity contribution is 14.1. The van der Waals surface area contributed by atoms with E-state index in [1.165, 1.54) is 0 Å². The van der Waals surface area contributed by atoms with E-state index in [1.807, 2.05) is 0 Å². The van der Waals surface area contributed by atoms with E-state index in [-0.39, 0.29) is 11.6 Å². The summed E-state index contributed by atoms with van der Waals surface area (Å²) in [5, 5.41) is 0. The number of fused-ring (bicyclic) bond motifs is 2. The molecular weight excluding hydrogens is 341 g/mol. The predicted octanol–water partition coefficient (Wildman–Crippen LogP) is 2.65. The van der Waals surface area contributed by atoms with Crippen LogP contribution < -0.4 is 5.73 Å². The molecule has 18 heavy (non-hydrogen) atoms. The minimum Gasteiger partial charge on any atom is -0.398 e. The third-order valence-electron chi connectivity index (χ3n) is 3.06. The van der Waals surface area contributed by atoms with E-state index in [0.29, 0.717) is 27.9 Å². The molecule has 0 heterocycles. The van der Waals surface area contributed by atoms with Crippen LogP contribution in [0.5, 0.6) is 0 Å². The number of hydrogen-bond acceptors (Lipinski definition) is 3. The minimum absolute atomic E-state index is 0.128. The maximum absolute atomic E-state index is 12.4. The van der Waals surface area contributed by atoms with Gasteiger partial charge in [-0.1, -0.05) is 24.3 Å². The molecule has 3 nitrogen and oxygen atoms in total. The Labute approximate surface area is 117 Å². The summed E-state index contributed by atoms with van der Waals surface area (Å²) in [7, 11) is 0. The van der Waals surface area contributed by atoms with E-state index in [2.05, 4.69) is 22.6 Å². The summed E-state index contributed by atoms with van der Waals surface area (Å²) in [4.78, 5) is 24.8. The van der Waals surface area contributed by atoms with Crippen molar-refractivity contribution in [3.63, 3.8) is 0 Å². The zero-order valence-electron chi connectivity index (χ0n) is 9.24. The van der Waals surface area contributed by atoms with Gasteiger partial charge in [0.25, 0.3) is 0 Å². The first-order valence-electron chi connectivity index (χ1n) is 5.37.